The number of likely N-dealkylation sites (tertiary alicyclic amines) is 1. The molecular formula is C25H34N2O4. The van der Waals surface area contributed by atoms with E-state index in [-0.39, 0.29) is 5.91 Å². The minimum Gasteiger partial charge on any atom is -0.497 e. The first-order valence-corrected chi connectivity index (χ1v) is 11.1. The van der Waals surface area contributed by atoms with Crippen molar-refractivity contribution in [2.75, 3.05) is 39.2 Å². The van der Waals surface area contributed by atoms with Gasteiger partial charge in [0.1, 0.15) is 17.2 Å². The third kappa shape index (κ3) is 6.62. The summed E-state index contributed by atoms with van der Waals surface area (Å²) in [4.78, 5) is 14.9. The molecule has 1 aliphatic rings. The van der Waals surface area contributed by atoms with Gasteiger partial charge in [0.05, 0.1) is 26.5 Å². The Labute approximate surface area is 185 Å². The van der Waals surface area contributed by atoms with E-state index in [1.54, 1.807) is 20.3 Å². The Morgan fingerprint density at radius 2 is 1.84 bits per heavy atom. The van der Waals surface area contributed by atoms with Crippen molar-refractivity contribution < 1.29 is 19.0 Å². The van der Waals surface area contributed by atoms with Crippen molar-refractivity contribution >= 4 is 11.6 Å². The van der Waals surface area contributed by atoms with Crippen LogP contribution in [0.5, 0.6) is 17.2 Å². The predicted molar refractivity (Wildman–Crippen MR) is 123 cm³/mol. The van der Waals surface area contributed by atoms with Gasteiger partial charge in [-0.3, -0.25) is 9.69 Å². The lowest BCUT2D eigenvalue weighted by Crippen LogP contribution is -2.33. The fourth-order valence-electron chi connectivity index (χ4n) is 4.05. The summed E-state index contributed by atoms with van der Waals surface area (Å²) in [6.45, 7) is 5.73. The Morgan fingerprint density at radius 1 is 1.06 bits per heavy atom. The number of para-hydroxylation sites is 1. The zero-order valence-corrected chi connectivity index (χ0v) is 18.9. The smallest absolute Gasteiger partial charge is 0.224 e. The molecule has 6 heteroatoms. The van der Waals surface area contributed by atoms with Crippen molar-refractivity contribution in [2.24, 2.45) is 5.92 Å². The van der Waals surface area contributed by atoms with Crippen LogP contribution in [0.15, 0.2) is 42.5 Å². The Balaban J connectivity index is 1.43. The number of amides is 1. The molecule has 31 heavy (non-hydrogen) atoms. The summed E-state index contributed by atoms with van der Waals surface area (Å²) >= 11 is 0. The fourth-order valence-corrected chi connectivity index (χ4v) is 4.05. The summed E-state index contributed by atoms with van der Waals surface area (Å²) in [7, 11) is 3.20. The van der Waals surface area contributed by atoms with Crippen molar-refractivity contribution in [1.29, 1.82) is 0 Å². The molecule has 1 aliphatic heterocycles. The van der Waals surface area contributed by atoms with Gasteiger partial charge in [0.15, 0.2) is 0 Å². The molecule has 1 N–H and O–H groups in total. The molecule has 0 radical (unpaired) electrons. The van der Waals surface area contributed by atoms with E-state index in [1.807, 2.05) is 31.2 Å². The molecule has 3 rings (SSSR count). The molecule has 6 nitrogen and oxygen atoms in total. The molecule has 1 heterocycles. The summed E-state index contributed by atoms with van der Waals surface area (Å²) in [6.07, 6.45) is 3.67. The molecule has 1 saturated heterocycles. The lowest BCUT2D eigenvalue weighted by molar-refractivity contribution is -0.116. The van der Waals surface area contributed by atoms with E-state index in [2.05, 4.69) is 22.3 Å². The summed E-state index contributed by atoms with van der Waals surface area (Å²) < 4.78 is 16.3. The first kappa shape index (κ1) is 22.9. The van der Waals surface area contributed by atoms with Crippen molar-refractivity contribution in [2.45, 2.75) is 39.2 Å². The second-order valence-corrected chi connectivity index (χ2v) is 7.91. The van der Waals surface area contributed by atoms with E-state index in [0.717, 1.165) is 44.6 Å². The quantitative estimate of drug-likeness (QED) is 0.595. The normalized spacial score (nSPS) is 14.8. The highest BCUT2D eigenvalue weighted by Crippen LogP contribution is 2.30. The third-order valence-corrected chi connectivity index (χ3v) is 5.84. The van der Waals surface area contributed by atoms with Crippen LogP contribution in [0.4, 0.5) is 5.69 Å². The number of rotatable bonds is 10. The summed E-state index contributed by atoms with van der Waals surface area (Å²) in [5, 5.41) is 2.97. The van der Waals surface area contributed by atoms with Crippen LogP contribution in [0, 0.1) is 5.92 Å². The number of anilines is 1. The molecule has 1 fully saturated rings. The van der Waals surface area contributed by atoms with E-state index in [4.69, 9.17) is 14.2 Å². The molecule has 0 atom stereocenters. The molecule has 0 unspecified atom stereocenters. The number of hydrogen-bond donors (Lipinski definition) is 1. The van der Waals surface area contributed by atoms with Crippen molar-refractivity contribution in [3.05, 3.63) is 48.0 Å². The number of methoxy groups -OCH3 is 2. The maximum atomic E-state index is 12.5. The highest BCUT2D eigenvalue weighted by Gasteiger charge is 2.21. The van der Waals surface area contributed by atoms with Crippen molar-refractivity contribution in [3.8, 4) is 17.2 Å². The Morgan fingerprint density at radius 3 is 2.55 bits per heavy atom. The van der Waals surface area contributed by atoms with E-state index in [9.17, 15) is 4.79 Å². The van der Waals surface area contributed by atoms with Gasteiger partial charge in [0, 0.05) is 24.6 Å². The third-order valence-electron chi connectivity index (χ3n) is 5.84. The van der Waals surface area contributed by atoms with Crippen LogP contribution in [0.1, 0.15) is 38.2 Å². The van der Waals surface area contributed by atoms with Crippen LogP contribution in [-0.2, 0) is 11.3 Å². The molecular weight excluding hydrogens is 392 g/mol. The maximum Gasteiger partial charge on any atom is 0.224 e. The van der Waals surface area contributed by atoms with E-state index in [1.165, 1.54) is 5.56 Å². The number of nitrogens with one attached hydrogen (secondary N) is 1. The highest BCUT2D eigenvalue weighted by atomic mass is 16.5. The van der Waals surface area contributed by atoms with Gasteiger partial charge in [-0.15, -0.1) is 0 Å². The van der Waals surface area contributed by atoms with Gasteiger partial charge >= 0.3 is 0 Å². The van der Waals surface area contributed by atoms with Gasteiger partial charge < -0.3 is 19.5 Å². The Kier molecular flexibility index (Phi) is 8.59. The zero-order chi connectivity index (χ0) is 22.1. The second-order valence-electron chi connectivity index (χ2n) is 7.91. The van der Waals surface area contributed by atoms with Crippen LogP contribution in [0.3, 0.4) is 0 Å². The SMILES string of the molecule is CCOc1ccccc1CN1CCC(CCC(=O)Nc2ccc(OC)cc2OC)CC1. The van der Waals surface area contributed by atoms with Gasteiger partial charge in [-0.05, 0) is 63.4 Å². The molecule has 1 amide bonds. The summed E-state index contributed by atoms with van der Waals surface area (Å²) in [6, 6.07) is 13.7. The minimum atomic E-state index is 0.0246. The zero-order valence-electron chi connectivity index (χ0n) is 18.9. The molecule has 0 saturated carbocycles. The highest BCUT2D eigenvalue weighted by molar-refractivity contribution is 5.92. The first-order valence-electron chi connectivity index (χ1n) is 11.1. The number of carbonyl (C=O) groups excluding carboxylic acids is 1. The molecule has 0 spiro atoms. The van der Waals surface area contributed by atoms with E-state index >= 15 is 0 Å². The largest absolute Gasteiger partial charge is 0.497 e. The molecule has 0 aromatic heterocycles. The monoisotopic (exact) mass is 426 g/mol. The van der Waals surface area contributed by atoms with Crippen LogP contribution >= 0.6 is 0 Å². The lowest BCUT2D eigenvalue weighted by Gasteiger charge is -2.32. The molecule has 2 aromatic carbocycles. The molecule has 2 aromatic rings. The molecule has 0 bridgehead atoms. The van der Waals surface area contributed by atoms with Crippen LogP contribution in [0.25, 0.3) is 0 Å². The number of ether oxygens (including phenoxy) is 3. The fraction of sp³-hybridized carbons (Fsp3) is 0.480. The number of nitrogens with zero attached hydrogens (tertiary/aromatic N) is 1. The lowest BCUT2D eigenvalue weighted by atomic mass is 9.91. The van der Waals surface area contributed by atoms with Crippen LogP contribution in [0.2, 0.25) is 0 Å². The predicted octanol–water partition coefficient (Wildman–Crippen LogP) is 4.73. The van der Waals surface area contributed by atoms with Gasteiger partial charge in [-0.2, -0.15) is 0 Å². The molecule has 168 valence electrons. The summed E-state index contributed by atoms with van der Waals surface area (Å²) in [5.74, 6) is 2.90. The minimum absolute atomic E-state index is 0.0246. The first-order chi connectivity index (χ1) is 15.1. The van der Waals surface area contributed by atoms with Gasteiger partial charge in [0.25, 0.3) is 0 Å². The van der Waals surface area contributed by atoms with Gasteiger partial charge in [-0.25, -0.2) is 0 Å². The molecule has 0 aliphatic carbocycles. The van der Waals surface area contributed by atoms with E-state index < -0.39 is 0 Å². The van der Waals surface area contributed by atoms with Crippen molar-refractivity contribution in [1.82, 2.24) is 4.90 Å². The Bertz CT molecular complexity index is 847. The van der Waals surface area contributed by atoms with Crippen LogP contribution < -0.4 is 19.5 Å². The standard InChI is InChI=1S/C25H34N2O4/c1-4-31-23-8-6-5-7-20(23)18-27-15-13-19(14-16-27)9-12-25(28)26-22-11-10-21(29-2)17-24(22)30-3/h5-8,10-11,17,19H,4,9,12-16,18H2,1-3H3,(H,26,28). The van der Waals surface area contributed by atoms with Crippen molar-refractivity contribution in [3.63, 3.8) is 0 Å². The van der Waals surface area contributed by atoms with Crippen LogP contribution in [-0.4, -0.2) is 44.7 Å². The maximum absolute atomic E-state index is 12.5. The number of piperidine rings is 1. The topological polar surface area (TPSA) is 60.0 Å². The summed E-state index contributed by atoms with van der Waals surface area (Å²) in [5.41, 5.74) is 1.92. The van der Waals surface area contributed by atoms with E-state index in [0.29, 0.717) is 36.1 Å². The number of carbonyl (C=O) groups is 1. The second kappa shape index (κ2) is 11.6. The number of benzene rings is 2. The Hall–Kier alpha value is -2.73. The van der Waals surface area contributed by atoms with Gasteiger partial charge in [0.2, 0.25) is 5.91 Å². The number of hydrogen-bond acceptors (Lipinski definition) is 5. The van der Waals surface area contributed by atoms with Gasteiger partial charge in [-0.1, -0.05) is 18.2 Å². The average molecular weight is 427 g/mol. The average Bonchev–Trinajstić information content (AvgIpc) is 2.80.